The van der Waals surface area contributed by atoms with Crippen molar-refractivity contribution < 1.29 is 23.9 Å². The number of rotatable bonds is 6. The van der Waals surface area contributed by atoms with Gasteiger partial charge < -0.3 is 20.3 Å². The number of carbonyl (C=O) groups is 4. The number of hydrogen-bond donors (Lipinski definition) is 2. The van der Waals surface area contributed by atoms with Crippen LogP contribution in [0.4, 0.5) is 17.1 Å². The van der Waals surface area contributed by atoms with E-state index in [1.165, 1.54) is 11.8 Å². The van der Waals surface area contributed by atoms with Crippen LogP contribution in [0.3, 0.4) is 0 Å². The van der Waals surface area contributed by atoms with Crippen molar-refractivity contribution >= 4 is 52.4 Å². The molecular formula is C21H20ClN3O5. The van der Waals surface area contributed by atoms with Crippen molar-refractivity contribution in [1.82, 2.24) is 0 Å². The van der Waals surface area contributed by atoms with Gasteiger partial charge in [-0.05, 0) is 48.5 Å². The van der Waals surface area contributed by atoms with Crippen LogP contribution >= 0.6 is 11.6 Å². The molecule has 9 heteroatoms. The quantitative estimate of drug-likeness (QED) is 0.687. The fraction of sp³-hybridized carbons (Fsp3) is 0.238. The summed E-state index contributed by atoms with van der Waals surface area (Å²) in [5.74, 6) is -2.13. The van der Waals surface area contributed by atoms with E-state index in [0.717, 1.165) is 0 Å². The van der Waals surface area contributed by atoms with E-state index >= 15 is 0 Å². The van der Waals surface area contributed by atoms with Gasteiger partial charge in [0.05, 0.1) is 5.92 Å². The van der Waals surface area contributed by atoms with Crippen LogP contribution in [0.5, 0.6) is 0 Å². The van der Waals surface area contributed by atoms with Crippen molar-refractivity contribution in [3.8, 4) is 0 Å². The first-order valence-electron chi connectivity index (χ1n) is 9.22. The molecule has 2 aromatic rings. The molecule has 1 aliphatic heterocycles. The molecule has 2 aromatic carbocycles. The van der Waals surface area contributed by atoms with Crippen LogP contribution in [0.25, 0.3) is 0 Å². The summed E-state index contributed by atoms with van der Waals surface area (Å²) in [7, 11) is 0. The third kappa shape index (κ3) is 5.57. The Morgan fingerprint density at radius 3 is 2.23 bits per heavy atom. The molecule has 0 saturated carbocycles. The predicted octanol–water partition coefficient (Wildman–Crippen LogP) is 2.83. The second kappa shape index (κ2) is 9.41. The molecule has 1 saturated heterocycles. The number of benzene rings is 2. The third-order valence-corrected chi connectivity index (χ3v) is 4.68. The summed E-state index contributed by atoms with van der Waals surface area (Å²) >= 11 is 5.86. The monoisotopic (exact) mass is 429 g/mol. The predicted molar refractivity (Wildman–Crippen MR) is 112 cm³/mol. The van der Waals surface area contributed by atoms with Gasteiger partial charge in [0.1, 0.15) is 0 Å². The highest BCUT2D eigenvalue weighted by molar-refractivity contribution is 6.30. The van der Waals surface area contributed by atoms with E-state index in [-0.39, 0.29) is 24.8 Å². The fourth-order valence-corrected chi connectivity index (χ4v) is 3.15. The maximum absolute atomic E-state index is 12.3. The van der Waals surface area contributed by atoms with Gasteiger partial charge in [-0.25, -0.2) is 0 Å². The Kier molecular flexibility index (Phi) is 6.68. The Bertz CT molecular complexity index is 960. The molecule has 30 heavy (non-hydrogen) atoms. The van der Waals surface area contributed by atoms with Crippen molar-refractivity contribution in [2.75, 3.05) is 28.7 Å². The number of hydrogen-bond acceptors (Lipinski definition) is 5. The van der Waals surface area contributed by atoms with Crippen LogP contribution in [-0.2, 0) is 23.9 Å². The van der Waals surface area contributed by atoms with E-state index in [9.17, 15) is 19.2 Å². The van der Waals surface area contributed by atoms with Crippen LogP contribution in [0.15, 0.2) is 48.5 Å². The number of amides is 3. The second-order valence-corrected chi connectivity index (χ2v) is 7.23. The maximum atomic E-state index is 12.3. The van der Waals surface area contributed by atoms with Gasteiger partial charge in [0.15, 0.2) is 6.61 Å². The second-order valence-electron chi connectivity index (χ2n) is 6.80. The number of anilines is 3. The number of nitrogens with one attached hydrogen (secondary N) is 2. The van der Waals surface area contributed by atoms with Gasteiger partial charge in [0.25, 0.3) is 5.91 Å². The molecule has 0 spiro atoms. The van der Waals surface area contributed by atoms with Crippen LogP contribution in [0.2, 0.25) is 5.02 Å². The number of esters is 1. The van der Waals surface area contributed by atoms with Crippen LogP contribution in [-0.4, -0.2) is 36.8 Å². The van der Waals surface area contributed by atoms with Crippen LogP contribution < -0.4 is 15.5 Å². The molecule has 3 rings (SSSR count). The summed E-state index contributed by atoms with van der Waals surface area (Å²) in [6.07, 6.45) is 0.0215. The Hall–Kier alpha value is -3.39. The Morgan fingerprint density at radius 2 is 1.63 bits per heavy atom. The minimum absolute atomic E-state index is 0.0215. The number of halogens is 1. The van der Waals surface area contributed by atoms with Crippen molar-refractivity contribution in [3.05, 3.63) is 53.6 Å². The Balaban J connectivity index is 1.48. The van der Waals surface area contributed by atoms with Crippen LogP contribution in [0.1, 0.15) is 13.3 Å². The van der Waals surface area contributed by atoms with E-state index in [1.54, 1.807) is 48.5 Å². The van der Waals surface area contributed by atoms with Gasteiger partial charge in [0, 0.05) is 42.0 Å². The smallest absolute Gasteiger partial charge is 0.311 e. The van der Waals surface area contributed by atoms with E-state index in [2.05, 4.69) is 10.6 Å². The van der Waals surface area contributed by atoms with Gasteiger partial charge in [-0.1, -0.05) is 11.6 Å². The first-order valence-corrected chi connectivity index (χ1v) is 9.59. The van der Waals surface area contributed by atoms with Gasteiger partial charge in [0.2, 0.25) is 11.8 Å². The van der Waals surface area contributed by atoms with Crippen LogP contribution in [0, 0.1) is 5.92 Å². The molecule has 0 unspecified atom stereocenters. The minimum Gasteiger partial charge on any atom is -0.455 e. The molecule has 1 fully saturated rings. The van der Waals surface area contributed by atoms with Gasteiger partial charge >= 0.3 is 5.97 Å². The SMILES string of the molecule is CC(=O)Nc1ccc(NC(=O)COC(=O)[C@@H]2CC(=O)N(c3ccc(Cl)cc3)C2)cc1. The standard InChI is InChI=1S/C21H20ClN3O5/c1-13(26)23-16-4-6-17(7-5-16)24-19(27)12-30-21(29)14-10-20(28)25(11-14)18-8-2-15(22)3-9-18/h2-9,14H,10-12H2,1H3,(H,23,26)(H,24,27)/t14-/m1/s1. The normalized spacial score (nSPS) is 15.6. The molecule has 8 nitrogen and oxygen atoms in total. The molecule has 1 heterocycles. The number of carbonyl (C=O) groups excluding carboxylic acids is 4. The maximum Gasteiger partial charge on any atom is 0.311 e. The molecule has 2 N–H and O–H groups in total. The zero-order chi connectivity index (χ0) is 21.7. The van der Waals surface area contributed by atoms with Crippen molar-refractivity contribution in [2.45, 2.75) is 13.3 Å². The summed E-state index contributed by atoms with van der Waals surface area (Å²) in [4.78, 5) is 49.0. The molecule has 0 aliphatic carbocycles. The third-order valence-electron chi connectivity index (χ3n) is 4.43. The molecular weight excluding hydrogens is 410 g/mol. The number of nitrogens with zero attached hydrogens (tertiary/aromatic N) is 1. The molecule has 0 bridgehead atoms. The lowest BCUT2D eigenvalue weighted by Crippen LogP contribution is -2.28. The topological polar surface area (TPSA) is 105 Å². The van der Waals surface area contributed by atoms with E-state index in [1.807, 2.05) is 0 Å². The summed E-state index contributed by atoms with van der Waals surface area (Å²) in [6, 6.07) is 13.3. The zero-order valence-electron chi connectivity index (χ0n) is 16.2. The first kappa shape index (κ1) is 21.3. The minimum atomic E-state index is -0.641. The first-order chi connectivity index (χ1) is 14.3. The summed E-state index contributed by atoms with van der Waals surface area (Å²) in [6.45, 7) is 1.13. The lowest BCUT2D eigenvalue weighted by Gasteiger charge is -2.16. The van der Waals surface area contributed by atoms with Crippen molar-refractivity contribution in [3.63, 3.8) is 0 Å². The molecule has 156 valence electrons. The highest BCUT2D eigenvalue weighted by Gasteiger charge is 2.36. The Morgan fingerprint density at radius 1 is 1.03 bits per heavy atom. The lowest BCUT2D eigenvalue weighted by atomic mass is 10.1. The summed E-state index contributed by atoms with van der Waals surface area (Å²) in [5.41, 5.74) is 1.75. The molecule has 0 radical (unpaired) electrons. The summed E-state index contributed by atoms with van der Waals surface area (Å²) in [5, 5.41) is 5.77. The summed E-state index contributed by atoms with van der Waals surface area (Å²) < 4.78 is 5.08. The van der Waals surface area contributed by atoms with E-state index < -0.39 is 24.4 Å². The fourth-order valence-electron chi connectivity index (χ4n) is 3.03. The lowest BCUT2D eigenvalue weighted by molar-refractivity contribution is -0.151. The molecule has 1 atom stereocenters. The van der Waals surface area contributed by atoms with Gasteiger partial charge in [-0.3, -0.25) is 19.2 Å². The Labute approximate surface area is 178 Å². The highest BCUT2D eigenvalue weighted by atomic mass is 35.5. The van der Waals surface area contributed by atoms with E-state index in [0.29, 0.717) is 22.1 Å². The van der Waals surface area contributed by atoms with Crippen molar-refractivity contribution in [1.29, 1.82) is 0 Å². The van der Waals surface area contributed by atoms with Gasteiger partial charge in [-0.2, -0.15) is 0 Å². The van der Waals surface area contributed by atoms with Gasteiger partial charge in [-0.15, -0.1) is 0 Å². The number of ether oxygens (including phenoxy) is 1. The average molecular weight is 430 g/mol. The molecule has 0 aromatic heterocycles. The van der Waals surface area contributed by atoms with Crippen molar-refractivity contribution in [2.24, 2.45) is 5.92 Å². The largest absolute Gasteiger partial charge is 0.455 e. The zero-order valence-corrected chi connectivity index (χ0v) is 16.9. The van der Waals surface area contributed by atoms with E-state index in [4.69, 9.17) is 16.3 Å². The average Bonchev–Trinajstić information content (AvgIpc) is 3.09. The highest BCUT2D eigenvalue weighted by Crippen LogP contribution is 2.27. The molecule has 3 amide bonds. The molecule has 1 aliphatic rings.